The van der Waals surface area contributed by atoms with Crippen molar-refractivity contribution in [1.29, 1.82) is 0 Å². The van der Waals surface area contributed by atoms with Crippen molar-refractivity contribution in [2.75, 3.05) is 19.6 Å². The second-order valence-corrected chi connectivity index (χ2v) is 7.36. The summed E-state index contributed by atoms with van der Waals surface area (Å²) in [5, 5.41) is 0. The van der Waals surface area contributed by atoms with Crippen LogP contribution in [0.15, 0.2) is 36.8 Å². The minimum Gasteiger partial charge on any atom is -0.299 e. The van der Waals surface area contributed by atoms with Gasteiger partial charge in [0.1, 0.15) is 6.33 Å². The first-order valence-electron chi connectivity index (χ1n) is 10.0. The summed E-state index contributed by atoms with van der Waals surface area (Å²) in [5.74, 6) is 0. The fourth-order valence-corrected chi connectivity index (χ4v) is 3.75. The van der Waals surface area contributed by atoms with Gasteiger partial charge in [0, 0.05) is 56.1 Å². The van der Waals surface area contributed by atoms with Crippen molar-refractivity contribution in [3.05, 3.63) is 59.2 Å². The average molecular weight is 353 g/mol. The van der Waals surface area contributed by atoms with Gasteiger partial charge in [-0.25, -0.2) is 9.97 Å². The van der Waals surface area contributed by atoms with Crippen LogP contribution in [0.5, 0.6) is 0 Å². The Kier molecular flexibility index (Phi) is 6.75. The van der Waals surface area contributed by atoms with Gasteiger partial charge in [-0.3, -0.25) is 9.80 Å². The van der Waals surface area contributed by atoms with E-state index in [1.54, 1.807) is 11.9 Å². The molecular formula is C22H32N4. The smallest absolute Gasteiger partial charge is 0.115 e. The highest BCUT2D eigenvalue weighted by atomic mass is 15.2. The lowest BCUT2D eigenvalue weighted by molar-refractivity contribution is 0.184. The molecule has 4 heteroatoms. The van der Waals surface area contributed by atoms with E-state index in [9.17, 15) is 0 Å². The molecule has 0 saturated carbocycles. The molecule has 0 radical (unpaired) electrons. The van der Waals surface area contributed by atoms with E-state index < -0.39 is 0 Å². The second kappa shape index (κ2) is 9.24. The SMILES string of the molecule is CCC(C)N1CCc2ncncc2C1.CCN1CCc2ccccc2C1. The molecule has 0 fully saturated rings. The molecule has 0 saturated heterocycles. The molecule has 26 heavy (non-hydrogen) atoms. The lowest BCUT2D eigenvalue weighted by Gasteiger charge is -2.32. The van der Waals surface area contributed by atoms with E-state index in [-0.39, 0.29) is 0 Å². The maximum absolute atomic E-state index is 4.30. The molecule has 3 heterocycles. The third-order valence-electron chi connectivity index (χ3n) is 5.76. The minimum atomic E-state index is 0.670. The molecule has 1 aromatic heterocycles. The maximum Gasteiger partial charge on any atom is 0.115 e. The Morgan fingerprint density at radius 3 is 2.58 bits per heavy atom. The van der Waals surface area contributed by atoms with Crippen LogP contribution in [-0.2, 0) is 25.9 Å². The lowest BCUT2D eigenvalue weighted by atomic mass is 10.0. The van der Waals surface area contributed by atoms with Gasteiger partial charge in [-0.15, -0.1) is 0 Å². The van der Waals surface area contributed by atoms with Gasteiger partial charge in [-0.2, -0.15) is 0 Å². The monoisotopic (exact) mass is 352 g/mol. The van der Waals surface area contributed by atoms with Crippen LogP contribution in [0.4, 0.5) is 0 Å². The van der Waals surface area contributed by atoms with Gasteiger partial charge in [0.05, 0.1) is 0 Å². The molecule has 0 bridgehead atoms. The fourth-order valence-electron chi connectivity index (χ4n) is 3.75. The predicted octanol–water partition coefficient (Wildman–Crippen LogP) is 3.70. The van der Waals surface area contributed by atoms with E-state index in [4.69, 9.17) is 0 Å². The highest BCUT2D eigenvalue weighted by Crippen LogP contribution is 2.19. The van der Waals surface area contributed by atoms with Gasteiger partial charge in [-0.1, -0.05) is 38.1 Å². The first kappa shape index (κ1) is 19.0. The molecule has 4 nitrogen and oxygen atoms in total. The molecule has 1 unspecified atom stereocenters. The third-order valence-corrected chi connectivity index (χ3v) is 5.76. The van der Waals surface area contributed by atoms with Crippen molar-refractivity contribution in [2.45, 2.75) is 59.2 Å². The molecule has 2 aliphatic rings. The largest absolute Gasteiger partial charge is 0.299 e. The number of likely N-dealkylation sites (N-methyl/N-ethyl adjacent to an activating group) is 1. The maximum atomic E-state index is 4.30. The Morgan fingerprint density at radius 2 is 1.81 bits per heavy atom. The van der Waals surface area contributed by atoms with E-state index >= 15 is 0 Å². The van der Waals surface area contributed by atoms with Gasteiger partial charge in [0.2, 0.25) is 0 Å². The molecule has 2 aliphatic heterocycles. The molecule has 4 rings (SSSR count). The van der Waals surface area contributed by atoms with E-state index in [1.807, 2.05) is 6.20 Å². The van der Waals surface area contributed by atoms with Gasteiger partial charge in [0.15, 0.2) is 0 Å². The molecule has 0 spiro atoms. The Bertz CT molecular complexity index is 700. The van der Waals surface area contributed by atoms with Gasteiger partial charge in [-0.05, 0) is 37.4 Å². The molecular weight excluding hydrogens is 320 g/mol. The predicted molar refractivity (Wildman–Crippen MR) is 107 cm³/mol. The topological polar surface area (TPSA) is 32.3 Å². The first-order chi connectivity index (χ1) is 12.7. The van der Waals surface area contributed by atoms with Crippen molar-refractivity contribution in [3.8, 4) is 0 Å². The number of aromatic nitrogens is 2. The van der Waals surface area contributed by atoms with E-state index in [0.29, 0.717) is 6.04 Å². The van der Waals surface area contributed by atoms with Gasteiger partial charge < -0.3 is 0 Å². The van der Waals surface area contributed by atoms with Crippen LogP contribution in [0.1, 0.15) is 49.6 Å². The number of hydrogen-bond acceptors (Lipinski definition) is 4. The molecule has 0 N–H and O–H groups in total. The summed E-state index contributed by atoms with van der Waals surface area (Å²) in [5.41, 5.74) is 5.60. The summed E-state index contributed by atoms with van der Waals surface area (Å²) in [4.78, 5) is 13.4. The molecule has 0 amide bonds. The van der Waals surface area contributed by atoms with Crippen LogP contribution in [0.2, 0.25) is 0 Å². The van der Waals surface area contributed by atoms with Crippen molar-refractivity contribution in [2.24, 2.45) is 0 Å². The zero-order chi connectivity index (χ0) is 18.4. The number of rotatable bonds is 3. The Hall–Kier alpha value is -1.78. The minimum absolute atomic E-state index is 0.670. The van der Waals surface area contributed by atoms with Crippen LogP contribution in [0.25, 0.3) is 0 Å². The van der Waals surface area contributed by atoms with Crippen LogP contribution >= 0.6 is 0 Å². The number of benzene rings is 1. The Balaban J connectivity index is 0.000000152. The highest BCUT2D eigenvalue weighted by Gasteiger charge is 2.20. The van der Waals surface area contributed by atoms with Crippen LogP contribution in [0, 0.1) is 0 Å². The second-order valence-electron chi connectivity index (χ2n) is 7.36. The summed E-state index contributed by atoms with van der Waals surface area (Å²) in [6.07, 6.45) is 7.11. The molecule has 2 aromatic rings. The average Bonchev–Trinajstić information content (AvgIpc) is 2.72. The van der Waals surface area contributed by atoms with E-state index in [0.717, 1.165) is 26.1 Å². The van der Waals surface area contributed by atoms with E-state index in [1.165, 1.54) is 42.8 Å². The number of hydrogen-bond donors (Lipinski definition) is 0. The summed E-state index contributed by atoms with van der Waals surface area (Å²) >= 11 is 0. The Morgan fingerprint density at radius 1 is 1.00 bits per heavy atom. The summed E-state index contributed by atoms with van der Waals surface area (Å²) < 4.78 is 0. The van der Waals surface area contributed by atoms with E-state index in [2.05, 4.69) is 64.8 Å². The quantitative estimate of drug-likeness (QED) is 0.843. The number of nitrogens with zero attached hydrogens (tertiary/aromatic N) is 4. The lowest BCUT2D eigenvalue weighted by Crippen LogP contribution is -2.37. The summed E-state index contributed by atoms with van der Waals surface area (Å²) in [7, 11) is 0. The highest BCUT2D eigenvalue weighted by molar-refractivity contribution is 5.28. The van der Waals surface area contributed by atoms with Crippen molar-refractivity contribution in [1.82, 2.24) is 19.8 Å². The van der Waals surface area contributed by atoms with Crippen molar-refractivity contribution < 1.29 is 0 Å². The molecule has 0 aliphatic carbocycles. The normalized spacial score (nSPS) is 18.3. The Labute approximate surface area is 158 Å². The van der Waals surface area contributed by atoms with Gasteiger partial charge in [0.25, 0.3) is 0 Å². The zero-order valence-electron chi connectivity index (χ0n) is 16.5. The van der Waals surface area contributed by atoms with Gasteiger partial charge >= 0.3 is 0 Å². The molecule has 1 atom stereocenters. The summed E-state index contributed by atoms with van der Waals surface area (Å²) in [6, 6.07) is 9.45. The fraction of sp³-hybridized carbons (Fsp3) is 0.545. The standard InChI is InChI=1S/C11H17N3.C11H15N/c1-3-9(2)14-5-4-11-10(7-14)6-12-8-13-11;1-2-12-8-7-10-5-3-4-6-11(10)9-12/h6,8-9H,3-5,7H2,1-2H3;3-6H,2,7-9H2,1H3. The third kappa shape index (κ3) is 4.68. The number of fused-ring (bicyclic) bond motifs is 2. The van der Waals surface area contributed by atoms with Crippen LogP contribution in [0.3, 0.4) is 0 Å². The zero-order valence-corrected chi connectivity index (χ0v) is 16.5. The van der Waals surface area contributed by atoms with Crippen LogP contribution in [-0.4, -0.2) is 45.4 Å². The van der Waals surface area contributed by atoms with Crippen LogP contribution < -0.4 is 0 Å². The van der Waals surface area contributed by atoms with Crippen molar-refractivity contribution >= 4 is 0 Å². The van der Waals surface area contributed by atoms with Crippen molar-refractivity contribution in [3.63, 3.8) is 0 Å². The summed E-state index contributed by atoms with van der Waals surface area (Å²) in [6.45, 7) is 12.5. The molecule has 1 aromatic carbocycles. The first-order valence-corrected chi connectivity index (χ1v) is 10.0. The molecule has 140 valence electrons.